The van der Waals surface area contributed by atoms with Crippen molar-refractivity contribution in [1.82, 2.24) is 0 Å². The Hall–Kier alpha value is -0.540. The fraction of sp³-hybridized carbons (Fsp3) is 0.455. The molecule has 1 unspecified atom stereocenters. The van der Waals surface area contributed by atoms with Gasteiger partial charge in [-0.2, -0.15) is 0 Å². The van der Waals surface area contributed by atoms with Gasteiger partial charge in [-0.25, -0.2) is 0 Å². The first kappa shape index (κ1) is 9.99. The summed E-state index contributed by atoms with van der Waals surface area (Å²) < 4.78 is 6.52. The van der Waals surface area contributed by atoms with Crippen LogP contribution < -0.4 is 5.32 Å². The molecule has 1 saturated heterocycles. The van der Waals surface area contributed by atoms with Crippen LogP contribution in [0.4, 0.5) is 5.69 Å². The zero-order chi connectivity index (χ0) is 9.80. The number of anilines is 1. The Bertz CT molecular complexity index is 280. The summed E-state index contributed by atoms with van der Waals surface area (Å²) in [6, 6.07) is 8.74. The van der Waals surface area contributed by atoms with Gasteiger partial charge < -0.3 is 10.1 Å². The molecule has 2 rings (SSSR count). The molecule has 1 aromatic carbocycles. The molecule has 0 aliphatic carbocycles. The van der Waals surface area contributed by atoms with E-state index < -0.39 is 0 Å². The molecule has 0 spiro atoms. The van der Waals surface area contributed by atoms with Crippen LogP contribution in [-0.4, -0.2) is 19.3 Å². The van der Waals surface area contributed by atoms with Crippen molar-refractivity contribution in [1.29, 1.82) is 0 Å². The summed E-state index contributed by atoms with van der Waals surface area (Å²) >= 11 is 3.42. The minimum absolute atomic E-state index is 0.477. The second kappa shape index (κ2) is 4.80. The standard InChI is InChI=1S/C11H14BrNO/c12-9-3-5-10(6-4-9)13-11-2-1-7-14-8-11/h3-6,11,13H,1-2,7-8H2. The van der Waals surface area contributed by atoms with Gasteiger partial charge in [-0.1, -0.05) is 15.9 Å². The van der Waals surface area contributed by atoms with Crippen molar-refractivity contribution in [2.45, 2.75) is 18.9 Å². The molecule has 1 aliphatic heterocycles. The van der Waals surface area contributed by atoms with Gasteiger partial charge in [0.05, 0.1) is 6.61 Å². The first-order chi connectivity index (χ1) is 6.84. The van der Waals surface area contributed by atoms with Gasteiger partial charge in [0.1, 0.15) is 0 Å². The number of halogens is 1. The van der Waals surface area contributed by atoms with Crippen LogP contribution in [0.15, 0.2) is 28.7 Å². The van der Waals surface area contributed by atoms with Crippen molar-refractivity contribution in [3.63, 3.8) is 0 Å². The maximum Gasteiger partial charge on any atom is 0.0667 e. The van der Waals surface area contributed by atoms with Gasteiger partial charge in [-0.3, -0.25) is 0 Å². The average molecular weight is 256 g/mol. The molecular formula is C11H14BrNO. The van der Waals surface area contributed by atoms with Gasteiger partial charge in [0.25, 0.3) is 0 Å². The molecule has 0 saturated carbocycles. The lowest BCUT2D eigenvalue weighted by molar-refractivity contribution is 0.0876. The highest BCUT2D eigenvalue weighted by Crippen LogP contribution is 2.17. The Morgan fingerprint density at radius 1 is 1.29 bits per heavy atom. The molecule has 1 aliphatic rings. The third-order valence-electron chi connectivity index (χ3n) is 2.38. The van der Waals surface area contributed by atoms with E-state index in [-0.39, 0.29) is 0 Å². The second-order valence-electron chi connectivity index (χ2n) is 3.57. The molecule has 76 valence electrons. The number of hydrogen-bond acceptors (Lipinski definition) is 2. The van der Waals surface area contributed by atoms with E-state index in [2.05, 4.69) is 33.4 Å². The molecule has 14 heavy (non-hydrogen) atoms. The summed E-state index contributed by atoms with van der Waals surface area (Å²) in [5, 5.41) is 3.46. The molecule has 2 nitrogen and oxygen atoms in total. The fourth-order valence-corrected chi connectivity index (χ4v) is 1.90. The van der Waals surface area contributed by atoms with Crippen molar-refractivity contribution in [3.05, 3.63) is 28.7 Å². The zero-order valence-electron chi connectivity index (χ0n) is 8.00. The molecular weight excluding hydrogens is 242 g/mol. The molecule has 1 N–H and O–H groups in total. The monoisotopic (exact) mass is 255 g/mol. The Balaban J connectivity index is 1.92. The molecule has 1 heterocycles. The minimum Gasteiger partial charge on any atom is -0.380 e. The van der Waals surface area contributed by atoms with E-state index in [1.807, 2.05) is 12.1 Å². The van der Waals surface area contributed by atoms with Gasteiger partial charge in [0, 0.05) is 22.8 Å². The van der Waals surface area contributed by atoms with Crippen LogP contribution in [0.3, 0.4) is 0 Å². The maximum absolute atomic E-state index is 5.41. The highest BCUT2D eigenvalue weighted by molar-refractivity contribution is 9.10. The molecule has 0 amide bonds. The van der Waals surface area contributed by atoms with Crippen LogP contribution >= 0.6 is 15.9 Å². The van der Waals surface area contributed by atoms with E-state index in [9.17, 15) is 0 Å². The summed E-state index contributed by atoms with van der Waals surface area (Å²) in [5.41, 5.74) is 1.17. The predicted octanol–water partition coefficient (Wildman–Crippen LogP) is 3.04. The Labute approximate surface area is 92.8 Å². The Kier molecular flexibility index (Phi) is 3.43. The quantitative estimate of drug-likeness (QED) is 0.878. The molecule has 1 aromatic rings. The largest absolute Gasteiger partial charge is 0.380 e. The summed E-state index contributed by atoms with van der Waals surface area (Å²) in [6.07, 6.45) is 2.37. The normalized spacial score (nSPS) is 21.9. The van der Waals surface area contributed by atoms with Crippen molar-refractivity contribution in [2.24, 2.45) is 0 Å². The summed E-state index contributed by atoms with van der Waals surface area (Å²) in [7, 11) is 0. The van der Waals surface area contributed by atoms with Gasteiger partial charge in [-0.15, -0.1) is 0 Å². The number of nitrogens with one attached hydrogen (secondary N) is 1. The van der Waals surface area contributed by atoms with E-state index >= 15 is 0 Å². The zero-order valence-corrected chi connectivity index (χ0v) is 9.59. The fourth-order valence-electron chi connectivity index (χ4n) is 1.64. The van der Waals surface area contributed by atoms with Gasteiger partial charge >= 0.3 is 0 Å². The topological polar surface area (TPSA) is 21.3 Å². The lowest BCUT2D eigenvalue weighted by atomic mass is 10.1. The van der Waals surface area contributed by atoms with Crippen LogP contribution in [0.1, 0.15) is 12.8 Å². The molecule has 1 fully saturated rings. The predicted molar refractivity (Wildman–Crippen MR) is 61.6 cm³/mol. The Morgan fingerprint density at radius 2 is 2.07 bits per heavy atom. The third kappa shape index (κ3) is 2.72. The van der Waals surface area contributed by atoms with Crippen LogP contribution in [-0.2, 0) is 4.74 Å². The number of ether oxygens (including phenoxy) is 1. The first-order valence-corrected chi connectivity index (χ1v) is 5.74. The number of hydrogen-bond donors (Lipinski definition) is 1. The van der Waals surface area contributed by atoms with Gasteiger partial charge in [0.2, 0.25) is 0 Å². The third-order valence-corrected chi connectivity index (χ3v) is 2.90. The lowest BCUT2D eigenvalue weighted by Gasteiger charge is -2.24. The molecule has 0 radical (unpaired) electrons. The maximum atomic E-state index is 5.41. The Morgan fingerprint density at radius 3 is 2.71 bits per heavy atom. The van der Waals surface area contributed by atoms with Gasteiger partial charge in [-0.05, 0) is 37.1 Å². The van der Waals surface area contributed by atoms with Crippen LogP contribution in [0.25, 0.3) is 0 Å². The van der Waals surface area contributed by atoms with Crippen molar-refractivity contribution in [2.75, 3.05) is 18.5 Å². The smallest absolute Gasteiger partial charge is 0.0667 e. The van der Waals surface area contributed by atoms with Crippen LogP contribution in [0.5, 0.6) is 0 Å². The van der Waals surface area contributed by atoms with E-state index in [0.29, 0.717) is 6.04 Å². The van der Waals surface area contributed by atoms with Crippen LogP contribution in [0.2, 0.25) is 0 Å². The summed E-state index contributed by atoms with van der Waals surface area (Å²) in [4.78, 5) is 0. The highest BCUT2D eigenvalue weighted by Gasteiger charge is 2.12. The van der Waals surface area contributed by atoms with E-state index in [1.165, 1.54) is 12.1 Å². The van der Waals surface area contributed by atoms with E-state index in [0.717, 1.165) is 24.1 Å². The number of benzene rings is 1. The minimum atomic E-state index is 0.477. The molecule has 0 bridgehead atoms. The molecule has 1 atom stereocenters. The van der Waals surface area contributed by atoms with Crippen molar-refractivity contribution >= 4 is 21.6 Å². The lowest BCUT2D eigenvalue weighted by Crippen LogP contribution is -2.29. The van der Waals surface area contributed by atoms with E-state index in [4.69, 9.17) is 4.74 Å². The van der Waals surface area contributed by atoms with Crippen LogP contribution in [0, 0.1) is 0 Å². The van der Waals surface area contributed by atoms with Crippen molar-refractivity contribution < 1.29 is 4.74 Å². The van der Waals surface area contributed by atoms with Crippen molar-refractivity contribution in [3.8, 4) is 0 Å². The van der Waals surface area contributed by atoms with E-state index in [1.54, 1.807) is 0 Å². The highest BCUT2D eigenvalue weighted by atomic mass is 79.9. The summed E-state index contributed by atoms with van der Waals surface area (Å²) in [5.74, 6) is 0. The SMILES string of the molecule is Brc1ccc(NC2CCCOC2)cc1. The van der Waals surface area contributed by atoms with Gasteiger partial charge in [0.15, 0.2) is 0 Å². The second-order valence-corrected chi connectivity index (χ2v) is 4.48. The first-order valence-electron chi connectivity index (χ1n) is 4.94. The number of rotatable bonds is 2. The molecule has 3 heteroatoms. The summed E-state index contributed by atoms with van der Waals surface area (Å²) in [6.45, 7) is 1.74. The molecule has 0 aromatic heterocycles. The average Bonchev–Trinajstić information content (AvgIpc) is 2.23.